The van der Waals surface area contributed by atoms with Gasteiger partial charge in [-0.05, 0) is 197 Å². The van der Waals surface area contributed by atoms with E-state index in [0.29, 0.717) is 22.8 Å². The maximum Gasteiger partial charge on any atom is 0.317 e. The van der Waals surface area contributed by atoms with Crippen molar-refractivity contribution < 1.29 is 43.2 Å². The molecule has 1 N–H and O–H groups in total. The number of rotatable bonds is 2. The number of carbonyl (C=O) groups excluding carboxylic acids is 4. The largest absolute Gasteiger partial charge is 0.471 e. The average Bonchev–Trinajstić information content (AvgIpc) is 3.30. The van der Waals surface area contributed by atoms with Crippen LogP contribution >= 0.6 is 0 Å². The molecular weight excluding hydrogens is 865 g/mol. The van der Waals surface area contributed by atoms with Gasteiger partial charge in [0.2, 0.25) is 11.4 Å². The van der Waals surface area contributed by atoms with Crippen LogP contribution in [0.4, 0.5) is 0 Å². The number of methoxy groups -OCH3 is 2. The third kappa shape index (κ3) is 5.38. The summed E-state index contributed by atoms with van der Waals surface area (Å²) in [5.41, 5.74) is 1.75. The summed E-state index contributed by atoms with van der Waals surface area (Å²) in [4.78, 5) is 56.5. The number of benzene rings is 1. The zero-order valence-electron chi connectivity index (χ0n) is 44.2. The van der Waals surface area contributed by atoms with Crippen molar-refractivity contribution in [2.24, 2.45) is 60.6 Å². The molecule has 372 valence electrons. The predicted molar refractivity (Wildman–Crippen MR) is 263 cm³/mol. The second-order valence-electron chi connectivity index (χ2n) is 27.2. The van der Waals surface area contributed by atoms with Crippen LogP contribution in [-0.2, 0) is 29.3 Å². The summed E-state index contributed by atoms with van der Waals surface area (Å²) in [7, 11) is 3.01. The van der Waals surface area contributed by atoms with Crippen LogP contribution in [0.5, 0.6) is 11.5 Å². The summed E-state index contributed by atoms with van der Waals surface area (Å²) in [5.74, 6) is -1.99. The Morgan fingerprint density at radius 1 is 0.609 bits per heavy atom. The van der Waals surface area contributed by atoms with Gasteiger partial charge in [-0.1, -0.05) is 73.1 Å². The Hall–Kier alpha value is -3.98. The van der Waals surface area contributed by atoms with E-state index in [2.05, 4.69) is 81.4 Å². The monoisotopic (exact) mass is 943 g/mol. The number of hydrogen-bond acceptors (Lipinski definition) is 9. The van der Waals surface area contributed by atoms with Gasteiger partial charge in [-0.3, -0.25) is 19.2 Å². The fourth-order valence-corrected chi connectivity index (χ4v) is 18.9. The lowest BCUT2D eigenvalue weighted by Gasteiger charge is -2.70. The highest BCUT2D eigenvalue weighted by molar-refractivity contribution is 6.10. The lowest BCUT2D eigenvalue weighted by molar-refractivity contribution is -0.231. The van der Waals surface area contributed by atoms with E-state index in [-0.39, 0.29) is 61.9 Å². The van der Waals surface area contributed by atoms with Crippen LogP contribution < -0.4 is 9.47 Å². The number of fused-ring (bicyclic) bond motifs is 17. The van der Waals surface area contributed by atoms with E-state index in [4.69, 9.17) is 18.9 Å². The summed E-state index contributed by atoms with van der Waals surface area (Å²) < 4.78 is 24.7. The van der Waals surface area contributed by atoms with Crippen LogP contribution in [0.3, 0.4) is 0 Å². The predicted octanol–water partition coefficient (Wildman–Crippen LogP) is 12.1. The van der Waals surface area contributed by atoms with Gasteiger partial charge in [-0.25, -0.2) is 0 Å². The smallest absolute Gasteiger partial charge is 0.317 e. The van der Waals surface area contributed by atoms with Gasteiger partial charge in [-0.2, -0.15) is 0 Å². The molecule has 9 nitrogen and oxygen atoms in total. The summed E-state index contributed by atoms with van der Waals surface area (Å²) in [5, 5.41) is 12.9. The van der Waals surface area contributed by atoms with Crippen molar-refractivity contribution in [1.29, 1.82) is 0 Å². The van der Waals surface area contributed by atoms with Gasteiger partial charge >= 0.3 is 17.7 Å². The van der Waals surface area contributed by atoms with E-state index in [0.717, 1.165) is 112 Å². The summed E-state index contributed by atoms with van der Waals surface area (Å²) in [6.07, 6.45) is 20.5. The molecule has 69 heavy (non-hydrogen) atoms. The lowest BCUT2D eigenvalue weighted by Crippen LogP contribution is -2.70. The molecule has 14 atom stereocenters. The van der Waals surface area contributed by atoms with Crippen molar-refractivity contribution in [1.82, 2.24) is 0 Å². The van der Waals surface area contributed by atoms with Gasteiger partial charge in [0, 0.05) is 27.5 Å². The molecule has 1 aliphatic heterocycles. The van der Waals surface area contributed by atoms with E-state index >= 15 is 0 Å². The summed E-state index contributed by atoms with van der Waals surface area (Å²) >= 11 is 0. The number of ether oxygens (including phenoxy) is 4. The molecule has 1 aromatic rings. The van der Waals surface area contributed by atoms with E-state index < -0.39 is 38.8 Å². The van der Waals surface area contributed by atoms with E-state index in [1.807, 2.05) is 19.1 Å². The molecule has 9 heteroatoms. The number of carbonyl (C=O) groups is 4. The molecule has 0 saturated heterocycles. The van der Waals surface area contributed by atoms with Crippen molar-refractivity contribution >= 4 is 23.5 Å². The van der Waals surface area contributed by atoms with Crippen molar-refractivity contribution in [3.05, 3.63) is 69.4 Å². The summed E-state index contributed by atoms with van der Waals surface area (Å²) in [6.45, 7) is 27.0. The topological polar surface area (TPSA) is 125 Å². The average molecular weight is 943 g/mol. The minimum atomic E-state index is -2.37. The minimum Gasteiger partial charge on any atom is -0.471 e. The highest BCUT2D eigenvalue weighted by Crippen LogP contribution is 2.78. The standard InChI is InChI=1S/C60H78O9/c1-34-45-37(54(7)24-28-58(11)43-33-52(5,48(64)67-14)20-18-50(43,3)22-26-56(58,9)41(54)31-38(45)61)29-39-46(34)69-59(12)35-15-16-40-53(6,36(35)30-44(62)60(59,65)68-39)23-27-57(10)42-32-51(4,47(63)66-13)19-17-49(42,2)21-25-55(40,57)8/h15-16,29-31,42-43,65H,17-28,32-33H2,1-14H3/t42-,43-,49+,50+,51+,52+,53+,54+,55+,56-,57+,58+,59-,60-/m0/s1. The molecule has 10 aliphatic rings. The third-order valence-corrected chi connectivity index (χ3v) is 24.2. The molecule has 0 unspecified atom stereocenters. The quantitative estimate of drug-likeness (QED) is 0.289. The second kappa shape index (κ2) is 13.7. The van der Waals surface area contributed by atoms with Crippen molar-refractivity contribution in [3.63, 3.8) is 0 Å². The number of allylic oxidation sites excluding steroid dienone is 5. The van der Waals surface area contributed by atoms with Gasteiger partial charge in [0.05, 0.1) is 25.0 Å². The Kier molecular flexibility index (Phi) is 9.43. The molecule has 0 spiro atoms. The SMILES string of the molecule is COC(=O)[C@]1(C)CC[C@]2(C)CC[C@@]3(C)C4=CC(=O)c5c(cc6c(c5C)O[C@@]5(C)C7=CC=C8[C@](C)(CC[C@]9(C)[C@H]%10C[C@](C)(C(=O)OC)CC[C@]%10(C)CC[C@]89C)C7=CC(=O)[C@]5(O)O6)[C@@]4(C)CC[C@]3(C)[C@H]2C1. The Balaban J connectivity index is 0.968. The van der Waals surface area contributed by atoms with Gasteiger partial charge < -0.3 is 24.1 Å². The zero-order chi connectivity index (χ0) is 49.9. The van der Waals surface area contributed by atoms with Crippen molar-refractivity contribution in [2.45, 2.75) is 190 Å². The Bertz CT molecular complexity index is 2720. The highest BCUT2D eigenvalue weighted by atomic mass is 16.7. The van der Waals surface area contributed by atoms with Crippen LogP contribution in [0, 0.1) is 67.5 Å². The molecule has 11 rings (SSSR count). The van der Waals surface area contributed by atoms with Crippen LogP contribution in [0.1, 0.15) is 188 Å². The van der Waals surface area contributed by atoms with E-state index in [1.165, 1.54) is 19.8 Å². The van der Waals surface area contributed by atoms with Gasteiger partial charge in [0.1, 0.15) is 0 Å². The first-order valence-corrected chi connectivity index (χ1v) is 26.4. The van der Waals surface area contributed by atoms with E-state index in [9.17, 15) is 24.3 Å². The van der Waals surface area contributed by atoms with Gasteiger partial charge in [-0.15, -0.1) is 0 Å². The number of esters is 2. The van der Waals surface area contributed by atoms with Crippen LogP contribution in [0.25, 0.3) is 0 Å². The van der Waals surface area contributed by atoms with Gasteiger partial charge in [0.15, 0.2) is 17.3 Å². The lowest BCUT2D eigenvalue weighted by atomic mass is 9.34. The molecule has 0 aromatic heterocycles. The first kappa shape index (κ1) is 47.4. The van der Waals surface area contributed by atoms with Gasteiger partial charge in [0.25, 0.3) is 0 Å². The molecule has 1 heterocycles. The molecule has 0 bridgehead atoms. The normalized spacial score (nSPS) is 48.9. The molecule has 6 fully saturated rings. The van der Waals surface area contributed by atoms with E-state index in [1.54, 1.807) is 13.0 Å². The maximum atomic E-state index is 15.0. The number of aliphatic hydroxyl groups is 1. The fourth-order valence-electron chi connectivity index (χ4n) is 18.9. The first-order valence-electron chi connectivity index (χ1n) is 26.4. The minimum absolute atomic E-state index is 0.0570. The Labute approximate surface area is 410 Å². The number of ketones is 2. The highest BCUT2D eigenvalue weighted by Gasteiger charge is 2.72. The number of hydrogen-bond donors (Lipinski definition) is 1. The first-order chi connectivity index (χ1) is 32.0. The summed E-state index contributed by atoms with van der Waals surface area (Å²) in [6, 6.07) is 1.91. The fraction of sp³-hybridized carbons (Fsp3) is 0.700. The molecule has 0 amide bonds. The molecule has 9 aliphatic carbocycles. The second-order valence-corrected chi connectivity index (χ2v) is 27.2. The van der Waals surface area contributed by atoms with Crippen molar-refractivity contribution in [2.75, 3.05) is 14.2 Å². The Morgan fingerprint density at radius 2 is 1.12 bits per heavy atom. The van der Waals surface area contributed by atoms with Crippen LogP contribution in [0.2, 0.25) is 0 Å². The van der Waals surface area contributed by atoms with Crippen LogP contribution in [-0.4, -0.2) is 54.2 Å². The Morgan fingerprint density at radius 3 is 1.65 bits per heavy atom. The van der Waals surface area contributed by atoms with Crippen LogP contribution in [0.15, 0.2) is 52.7 Å². The molecule has 1 aromatic carbocycles. The third-order valence-electron chi connectivity index (χ3n) is 24.2. The zero-order valence-corrected chi connectivity index (χ0v) is 44.2. The molecule has 6 saturated carbocycles. The molecular formula is C60H78O9. The maximum absolute atomic E-state index is 15.0. The molecule has 0 radical (unpaired) electrons. The van der Waals surface area contributed by atoms with Crippen molar-refractivity contribution in [3.8, 4) is 11.5 Å².